The molecule has 4 nitrogen and oxygen atoms in total. The molecule has 1 aromatic heterocycles. The van der Waals surface area contributed by atoms with Crippen LogP contribution >= 0.6 is 0 Å². The summed E-state index contributed by atoms with van der Waals surface area (Å²) in [5.41, 5.74) is 2.76. The number of nitrogens with zero attached hydrogens (tertiary/aromatic N) is 2. The summed E-state index contributed by atoms with van der Waals surface area (Å²) in [6, 6.07) is 14.4. The average molecular weight is 296 g/mol. The first-order valence-electron chi connectivity index (χ1n) is 7.73. The maximum absolute atomic E-state index is 9.42. The Balaban J connectivity index is 1.84. The molecular weight excluding hydrogens is 276 g/mol. The third kappa shape index (κ3) is 3.06. The summed E-state index contributed by atoms with van der Waals surface area (Å²) >= 11 is 0. The van der Waals surface area contributed by atoms with E-state index in [0.29, 0.717) is 24.9 Å². The molecular formula is C18H20N2O2. The van der Waals surface area contributed by atoms with Crippen LogP contribution in [0.2, 0.25) is 0 Å². The van der Waals surface area contributed by atoms with Gasteiger partial charge in [0.15, 0.2) is 0 Å². The van der Waals surface area contributed by atoms with E-state index >= 15 is 0 Å². The second-order valence-electron chi connectivity index (χ2n) is 5.68. The summed E-state index contributed by atoms with van der Waals surface area (Å²) in [5, 5.41) is 18.3. The third-order valence-electron chi connectivity index (χ3n) is 4.30. The summed E-state index contributed by atoms with van der Waals surface area (Å²) in [5.74, 6) is 1.11. The van der Waals surface area contributed by atoms with Crippen molar-refractivity contribution < 1.29 is 9.52 Å². The third-order valence-corrected chi connectivity index (χ3v) is 4.30. The number of aliphatic hydroxyl groups excluding tert-OH is 1. The number of hydrogen-bond donors (Lipinski definition) is 1. The van der Waals surface area contributed by atoms with Crippen molar-refractivity contribution in [1.29, 1.82) is 5.26 Å². The summed E-state index contributed by atoms with van der Waals surface area (Å²) in [7, 11) is 0. The number of benzene rings is 1. The van der Waals surface area contributed by atoms with E-state index in [1.54, 1.807) is 6.07 Å². The predicted molar refractivity (Wildman–Crippen MR) is 83.0 cm³/mol. The molecule has 0 aliphatic heterocycles. The van der Waals surface area contributed by atoms with Crippen LogP contribution in [0.5, 0.6) is 0 Å². The average Bonchev–Trinajstić information content (AvgIpc) is 3.02. The van der Waals surface area contributed by atoms with Crippen molar-refractivity contribution in [2.75, 3.05) is 13.2 Å². The fourth-order valence-corrected chi connectivity index (χ4v) is 3.30. The maximum Gasteiger partial charge on any atom is 0.203 e. The van der Waals surface area contributed by atoms with Crippen LogP contribution in [-0.2, 0) is 13.0 Å². The van der Waals surface area contributed by atoms with Gasteiger partial charge < -0.3 is 9.52 Å². The molecule has 0 saturated carbocycles. The molecule has 0 spiro atoms. The van der Waals surface area contributed by atoms with Crippen molar-refractivity contribution in [3.05, 3.63) is 59.0 Å². The standard InChI is InChI=1S/C18H20N2O2/c19-12-15-8-9-16(22-15)13-20(10-11-21)18-7-3-5-14-4-1-2-6-17(14)18/h1-2,4,6,8-9,18,21H,3,5,7,10-11,13H2. The Bertz CT molecular complexity index is 672. The lowest BCUT2D eigenvalue weighted by atomic mass is 9.86. The lowest BCUT2D eigenvalue weighted by Crippen LogP contribution is -2.33. The van der Waals surface area contributed by atoms with E-state index in [1.807, 2.05) is 12.1 Å². The van der Waals surface area contributed by atoms with Gasteiger partial charge in [0.1, 0.15) is 11.8 Å². The minimum Gasteiger partial charge on any atom is -0.449 e. The van der Waals surface area contributed by atoms with Gasteiger partial charge in [-0.3, -0.25) is 4.90 Å². The largest absolute Gasteiger partial charge is 0.449 e. The molecule has 114 valence electrons. The van der Waals surface area contributed by atoms with Crippen LogP contribution in [0, 0.1) is 11.3 Å². The number of fused-ring (bicyclic) bond motifs is 1. The SMILES string of the molecule is N#Cc1ccc(CN(CCO)C2CCCc3ccccc32)o1. The van der Waals surface area contributed by atoms with Gasteiger partial charge in [-0.05, 0) is 42.5 Å². The molecule has 1 unspecified atom stereocenters. The normalized spacial score (nSPS) is 17.2. The molecule has 0 bridgehead atoms. The van der Waals surface area contributed by atoms with Crippen LogP contribution < -0.4 is 0 Å². The zero-order valence-corrected chi connectivity index (χ0v) is 12.5. The van der Waals surface area contributed by atoms with Crippen molar-refractivity contribution in [1.82, 2.24) is 4.90 Å². The van der Waals surface area contributed by atoms with Gasteiger partial charge in [-0.15, -0.1) is 0 Å². The quantitative estimate of drug-likeness (QED) is 0.921. The molecule has 1 atom stereocenters. The van der Waals surface area contributed by atoms with E-state index in [0.717, 1.165) is 25.0 Å². The maximum atomic E-state index is 9.42. The molecule has 1 aliphatic rings. The molecule has 3 rings (SSSR count). The van der Waals surface area contributed by atoms with Crippen molar-refractivity contribution in [3.63, 3.8) is 0 Å². The monoisotopic (exact) mass is 296 g/mol. The second-order valence-corrected chi connectivity index (χ2v) is 5.68. The van der Waals surface area contributed by atoms with E-state index in [-0.39, 0.29) is 6.61 Å². The molecule has 0 saturated heterocycles. The smallest absolute Gasteiger partial charge is 0.203 e. The number of aliphatic hydroxyl groups is 1. The van der Waals surface area contributed by atoms with Gasteiger partial charge in [0.25, 0.3) is 0 Å². The van der Waals surface area contributed by atoms with Gasteiger partial charge in [0.2, 0.25) is 5.76 Å². The Morgan fingerprint density at radius 1 is 1.27 bits per heavy atom. The summed E-state index contributed by atoms with van der Waals surface area (Å²) < 4.78 is 5.50. The molecule has 1 heterocycles. The molecule has 0 amide bonds. The van der Waals surface area contributed by atoms with Gasteiger partial charge in [0, 0.05) is 12.6 Å². The lowest BCUT2D eigenvalue weighted by molar-refractivity contribution is 0.123. The molecule has 0 radical (unpaired) electrons. The van der Waals surface area contributed by atoms with Crippen LogP contribution in [0.4, 0.5) is 0 Å². The molecule has 1 N–H and O–H groups in total. The zero-order valence-electron chi connectivity index (χ0n) is 12.5. The highest BCUT2D eigenvalue weighted by Gasteiger charge is 2.26. The summed E-state index contributed by atoms with van der Waals surface area (Å²) in [6.45, 7) is 1.33. The van der Waals surface area contributed by atoms with Crippen molar-refractivity contribution in [2.45, 2.75) is 31.8 Å². The topological polar surface area (TPSA) is 60.4 Å². The van der Waals surface area contributed by atoms with Gasteiger partial charge in [-0.1, -0.05) is 24.3 Å². The fourth-order valence-electron chi connectivity index (χ4n) is 3.30. The Kier molecular flexibility index (Phi) is 4.57. The highest BCUT2D eigenvalue weighted by molar-refractivity contribution is 5.32. The lowest BCUT2D eigenvalue weighted by Gasteiger charge is -2.35. The number of nitriles is 1. The first-order chi connectivity index (χ1) is 10.8. The van der Waals surface area contributed by atoms with E-state index < -0.39 is 0 Å². The highest BCUT2D eigenvalue weighted by atomic mass is 16.3. The van der Waals surface area contributed by atoms with Gasteiger partial charge in [0.05, 0.1) is 13.2 Å². The zero-order chi connectivity index (χ0) is 15.4. The highest BCUT2D eigenvalue weighted by Crippen LogP contribution is 2.35. The number of rotatable bonds is 5. The summed E-state index contributed by atoms with van der Waals surface area (Å²) in [4.78, 5) is 2.25. The molecule has 4 heteroatoms. The second kappa shape index (κ2) is 6.78. The van der Waals surface area contributed by atoms with Crippen LogP contribution in [0.25, 0.3) is 0 Å². The van der Waals surface area contributed by atoms with Crippen molar-refractivity contribution >= 4 is 0 Å². The molecule has 1 aromatic carbocycles. The first-order valence-corrected chi connectivity index (χ1v) is 7.73. The van der Waals surface area contributed by atoms with Gasteiger partial charge >= 0.3 is 0 Å². The van der Waals surface area contributed by atoms with Crippen LogP contribution in [-0.4, -0.2) is 23.2 Å². The van der Waals surface area contributed by atoms with E-state index in [4.69, 9.17) is 9.68 Å². The van der Waals surface area contributed by atoms with Gasteiger partial charge in [-0.2, -0.15) is 5.26 Å². The molecule has 0 fully saturated rings. The van der Waals surface area contributed by atoms with Crippen LogP contribution in [0.1, 0.15) is 41.5 Å². The first kappa shape index (κ1) is 14.8. The number of furan rings is 1. The summed E-state index contributed by atoms with van der Waals surface area (Å²) in [6.07, 6.45) is 3.37. The molecule has 2 aromatic rings. The minimum atomic E-state index is 0.116. The number of aryl methyl sites for hydroxylation is 1. The van der Waals surface area contributed by atoms with Crippen LogP contribution in [0.3, 0.4) is 0 Å². The number of hydrogen-bond acceptors (Lipinski definition) is 4. The van der Waals surface area contributed by atoms with E-state index in [1.165, 1.54) is 11.1 Å². The Morgan fingerprint density at radius 2 is 2.14 bits per heavy atom. The molecule has 1 aliphatic carbocycles. The van der Waals surface area contributed by atoms with Crippen molar-refractivity contribution in [2.24, 2.45) is 0 Å². The van der Waals surface area contributed by atoms with E-state index in [2.05, 4.69) is 29.2 Å². The fraction of sp³-hybridized carbons (Fsp3) is 0.389. The Hall–Kier alpha value is -2.09. The van der Waals surface area contributed by atoms with Gasteiger partial charge in [-0.25, -0.2) is 0 Å². The Morgan fingerprint density at radius 3 is 2.91 bits per heavy atom. The van der Waals surface area contributed by atoms with E-state index in [9.17, 15) is 5.11 Å². The minimum absolute atomic E-state index is 0.116. The van der Waals surface area contributed by atoms with Crippen molar-refractivity contribution in [3.8, 4) is 6.07 Å². The van der Waals surface area contributed by atoms with Crippen LogP contribution in [0.15, 0.2) is 40.8 Å². The Labute approximate surface area is 130 Å². The molecule has 22 heavy (non-hydrogen) atoms. The predicted octanol–water partition coefficient (Wildman–Crippen LogP) is 3.02.